The predicted molar refractivity (Wildman–Crippen MR) is 371 cm³/mol. The quantitative estimate of drug-likeness (QED) is 0.101. The van der Waals surface area contributed by atoms with E-state index in [9.17, 15) is 30.6 Å². The van der Waals surface area contributed by atoms with E-state index >= 15 is 0 Å². The highest BCUT2D eigenvalue weighted by atomic mass is 16.8. The van der Waals surface area contributed by atoms with E-state index in [2.05, 4.69) is 67.5 Å². The Morgan fingerprint density at radius 1 is 0.510 bits per heavy atom. The van der Waals surface area contributed by atoms with Crippen molar-refractivity contribution in [1.82, 2.24) is 0 Å². The van der Waals surface area contributed by atoms with Crippen LogP contribution in [-0.4, -0.2) is 169 Å². The summed E-state index contributed by atoms with van der Waals surface area (Å²) in [6.45, 7) is 21.1. The van der Waals surface area contributed by atoms with Gasteiger partial charge >= 0.3 is 0 Å². The summed E-state index contributed by atoms with van der Waals surface area (Å²) in [6, 6.07) is 19.5. The second kappa shape index (κ2) is 28.4. The third kappa shape index (κ3) is 12.5. The highest BCUT2D eigenvalue weighted by Crippen LogP contribution is 2.73. The molecule has 0 aromatic heterocycles. The standard InChI is InChI=1S/C40H56O8.C33H52O8.C9H12O2/c1-22-12-17-40(44-20-22)23(2)32-30(48-40)19-29-27-11-10-25-18-26(13-15-38(25,3)28(27)14-16-39(29,32)4)45-37-34(42)33(41)35-31(46-37)21-43-36(47-35)24-8-6-5-7-9-24;1-17-7-12-33(38-16-17)18(2)26-24(41-33)14-23-21-6-5-19-13-20(8-10-31(19,3)22(21)9-11-32(23,26)4)39-30-29(37)28(36)27(35)25(15-34)40-30;1-10-9(11-2)8-6-4-3-5-7-8/h5-10,22-23,26-37,41-42H,11-21H2,1-4H3;5,17-18,20-30,34-37H,6-16H2,1-4H3;3-7,9H,1-2H3/t22-,23+,26+,27-,28+,29+,30+,31?,32+,33-,34?,35-,36?,37-,38+,39+,40-;17-,18+,20+,21-,22+,23+,24+,25?,26+,27-,28+,29?,30-,31+,32+,33-;/m11./s1. The fourth-order valence-corrected chi connectivity index (χ4v) is 24.5. The van der Waals surface area contributed by atoms with Crippen LogP contribution in [0.25, 0.3) is 0 Å². The third-order valence-corrected chi connectivity index (χ3v) is 30.1. The number of aliphatic hydroxyl groups excluding tert-OH is 6. The summed E-state index contributed by atoms with van der Waals surface area (Å²) in [5.74, 6) is 6.65. The molecule has 13 fully saturated rings. The van der Waals surface area contributed by atoms with E-state index in [0.717, 1.165) is 95.0 Å². The van der Waals surface area contributed by atoms with E-state index in [4.69, 9.17) is 56.8 Å². The molecule has 7 aliphatic heterocycles. The molecule has 5 unspecified atom stereocenters. The van der Waals surface area contributed by atoms with Crippen LogP contribution in [0.15, 0.2) is 84.0 Å². The van der Waals surface area contributed by atoms with E-state index in [0.29, 0.717) is 94.1 Å². The normalized spacial score (nSPS) is 51.2. The largest absolute Gasteiger partial charge is 0.394 e. The Morgan fingerprint density at radius 2 is 1.00 bits per heavy atom. The molecule has 0 radical (unpaired) electrons. The topological polar surface area (TPSA) is 232 Å². The number of allylic oxidation sites excluding steroid dienone is 2. The number of hydrogen-bond donors (Lipinski definition) is 6. The molecule has 18 nitrogen and oxygen atoms in total. The van der Waals surface area contributed by atoms with Gasteiger partial charge in [0.1, 0.15) is 48.8 Å². The molecule has 0 bridgehead atoms. The third-order valence-electron chi connectivity index (χ3n) is 30.1. The number of aliphatic hydroxyl groups is 6. The number of ether oxygens (including phenoxy) is 12. The number of fused-ring (bicyclic) bond motifs is 15. The van der Waals surface area contributed by atoms with Gasteiger partial charge in [0.2, 0.25) is 0 Å². The molecule has 2 spiro atoms. The van der Waals surface area contributed by atoms with Crippen LogP contribution in [0.5, 0.6) is 0 Å². The molecule has 18 heteroatoms. The molecule has 556 valence electrons. The molecule has 15 aliphatic rings. The van der Waals surface area contributed by atoms with Crippen LogP contribution in [0.2, 0.25) is 0 Å². The molecular formula is C82H120O18. The maximum atomic E-state index is 11.1. The molecule has 8 aliphatic carbocycles. The molecule has 0 amide bonds. The van der Waals surface area contributed by atoms with E-state index < -0.39 is 74.3 Å². The first kappa shape index (κ1) is 72.7. The lowest BCUT2D eigenvalue weighted by atomic mass is 9.47. The molecule has 17 rings (SSSR count). The van der Waals surface area contributed by atoms with Gasteiger partial charge in [-0.25, -0.2) is 0 Å². The van der Waals surface area contributed by atoms with Gasteiger partial charge in [-0.2, -0.15) is 0 Å². The van der Waals surface area contributed by atoms with Gasteiger partial charge in [-0.15, -0.1) is 0 Å². The fraction of sp³-hybridized carbons (Fsp3) is 0.805. The minimum absolute atomic E-state index is 0.0601. The van der Waals surface area contributed by atoms with Crippen LogP contribution >= 0.6 is 0 Å². The van der Waals surface area contributed by atoms with E-state index in [1.165, 1.54) is 56.1 Å². The highest BCUT2D eigenvalue weighted by molar-refractivity contribution is 5.29. The Labute approximate surface area is 594 Å². The van der Waals surface area contributed by atoms with Gasteiger partial charge in [-0.3, -0.25) is 0 Å². The first-order chi connectivity index (χ1) is 48.0. The second-order valence-corrected chi connectivity index (χ2v) is 35.2. The molecule has 33 atom stereocenters. The monoisotopic (exact) mass is 1390 g/mol. The highest BCUT2D eigenvalue weighted by Gasteiger charge is 2.71. The first-order valence-electron chi connectivity index (χ1n) is 39.1. The number of methoxy groups -OCH3 is 2. The lowest BCUT2D eigenvalue weighted by Crippen LogP contribution is -2.62. The molecule has 7 saturated heterocycles. The lowest BCUT2D eigenvalue weighted by molar-refractivity contribution is -0.367. The Bertz CT molecular complexity index is 3170. The van der Waals surface area contributed by atoms with Crippen LogP contribution < -0.4 is 0 Å². The summed E-state index contributed by atoms with van der Waals surface area (Å²) in [6.07, 6.45) is 13.8. The maximum Gasteiger partial charge on any atom is 0.186 e. The van der Waals surface area contributed by atoms with Crippen molar-refractivity contribution in [3.63, 3.8) is 0 Å². The van der Waals surface area contributed by atoms with Crippen LogP contribution in [0, 0.1) is 92.7 Å². The predicted octanol–water partition coefficient (Wildman–Crippen LogP) is 11.8. The molecule has 7 heterocycles. The lowest BCUT2D eigenvalue weighted by Gasteiger charge is -2.58. The molecule has 2 aromatic rings. The van der Waals surface area contributed by atoms with Crippen LogP contribution in [-0.2, 0) is 56.8 Å². The van der Waals surface area contributed by atoms with Crippen molar-refractivity contribution < 1.29 is 87.5 Å². The summed E-state index contributed by atoms with van der Waals surface area (Å²) in [5, 5.41) is 62.7. The summed E-state index contributed by atoms with van der Waals surface area (Å²) in [5.41, 5.74) is 5.83. The first-order valence-corrected chi connectivity index (χ1v) is 39.1. The van der Waals surface area contributed by atoms with Crippen molar-refractivity contribution in [2.45, 2.75) is 281 Å². The van der Waals surface area contributed by atoms with Gasteiger partial charge in [0.05, 0.1) is 50.8 Å². The SMILES string of the molecule is COC(OC)c1ccccc1.C[C@@H]1CC[C@@]2(OC1)O[C@H]1C[C@H]3[C@@H]4CC=C5C[C@@H](O[C@@H]6OC(CO)[C@@H](O)[C@H](O)C6O)CC[C@]5(C)[C@H]4CC[C@]3(C)[C@H]1[C@@H]2C.C[C@@H]1CC[C@@]2(OC1)O[C@H]1C[C@H]3[C@@H]4CC=C5C[C@@H](O[C@@H]6OC7COC(c8ccccc8)O[C@H]7[C@H](O)C6O)CC[C@]5(C)[C@H]4CC[C@]3(C)[C@H]1[C@@H]2C. The van der Waals surface area contributed by atoms with Gasteiger partial charge in [0, 0.05) is 50.0 Å². The van der Waals surface area contributed by atoms with Gasteiger partial charge in [-0.1, -0.05) is 139 Å². The minimum atomic E-state index is -1.41. The van der Waals surface area contributed by atoms with E-state index in [1.807, 2.05) is 60.7 Å². The van der Waals surface area contributed by atoms with Gasteiger partial charge in [-0.05, 0) is 184 Å². The maximum absolute atomic E-state index is 11.1. The Hall–Kier alpha value is -2.80. The zero-order chi connectivity index (χ0) is 70.0. The number of benzene rings is 2. The number of hydrogen-bond acceptors (Lipinski definition) is 18. The van der Waals surface area contributed by atoms with Crippen molar-refractivity contribution >= 4 is 0 Å². The van der Waals surface area contributed by atoms with Gasteiger partial charge in [0.25, 0.3) is 0 Å². The molecule has 2 aromatic carbocycles. The van der Waals surface area contributed by atoms with E-state index in [1.54, 1.807) is 14.2 Å². The zero-order valence-electron chi connectivity index (χ0n) is 61.2. The van der Waals surface area contributed by atoms with Crippen LogP contribution in [0.4, 0.5) is 0 Å². The number of rotatable bonds is 9. The smallest absolute Gasteiger partial charge is 0.186 e. The molecule has 100 heavy (non-hydrogen) atoms. The van der Waals surface area contributed by atoms with Crippen molar-refractivity contribution in [2.24, 2.45) is 92.7 Å². The molecule has 6 saturated carbocycles. The average molecular weight is 1390 g/mol. The fourth-order valence-electron chi connectivity index (χ4n) is 24.5. The average Bonchev–Trinajstić information content (AvgIpc) is 1.51. The van der Waals surface area contributed by atoms with Crippen LogP contribution in [0.3, 0.4) is 0 Å². The summed E-state index contributed by atoms with van der Waals surface area (Å²) in [7, 11) is 3.25. The second-order valence-electron chi connectivity index (χ2n) is 35.2. The Balaban J connectivity index is 0.000000142. The van der Waals surface area contributed by atoms with Crippen LogP contribution in [0.1, 0.15) is 195 Å². The molecular weight excluding hydrogens is 1270 g/mol. The Kier molecular flexibility index (Phi) is 20.7. The Morgan fingerprint density at radius 3 is 1.48 bits per heavy atom. The van der Waals surface area contributed by atoms with Gasteiger partial charge in [0.15, 0.2) is 36.7 Å². The van der Waals surface area contributed by atoms with Crippen molar-refractivity contribution in [1.29, 1.82) is 0 Å². The van der Waals surface area contributed by atoms with Crippen molar-refractivity contribution in [3.05, 3.63) is 95.1 Å². The van der Waals surface area contributed by atoms with E-state index in [-0.39, 0.29) is 47.5 Å². The van der Waals surface area contributed by atoms with Crippen molar-refractivity contribution in [3.8, 4) is 0 Å². The summed E-state index contributed by atoms with van der Waals surface area (Å²) < 4.78 is 73.7. The summed E-state index contributed by atoms with van der Waals surface area (Å²) in [4.78, 5) is 0. The minimum Gasteiger partial charge on any atom is -0.394 e. The summed E-state index contributed by atoms with van der Waals surface area (Å²) >= 11 is 0. The zero-order valence-corrected chi connectivity index (χ0v) is 61.2. The van der Waals surface area contributed by atoms with Gasteiger partial charge < -0.3 is 87.5 Å². The van der Waals surface area contributed by atoms with Crippen molar-refractivity contribution in [2.75, 3.05) is 40.6 Å². The molecule has 6 N–H and O–H groups in total.